The molecule has 0 radical (unpaired) electrons. The van der Waals surface area contributed by atoms with Gasteiger partial charge in [-0.15, -0.1) is 0 Å². The van der Waals surface area contributed by atoms with Crippen LogP contribution in [0.15, 0.2) is 146 Å². The lowest BCUT2D eigenvalue weighted by atomic mass is 9.97. The first-order valence-corrected chi connectivity index (χ1v) is 19.1. The van der Waals surface area contributed by atoms with E-state index in [0.717, 1.165) is 35.3 Å². The van der Waals surface area contributed by atoms with Gasteiger partial charge in [0.2, 0.25) is 11.8 Å². The first-order chi connectivity index (χ1) is 28.5. The maximum absolute atomic E-state index is 14.1. The Morgan fingerprint density at radius 3 is 2.08 bits per heavy atom. The number of carboxylic acid groups (broad SMARTS) is 1. The number of carboxylic acids is 1. The van der Waals surface area contributed by atoms with Gasteiger partial charge in [-0.2, -0.15) is 13.2 Å². The first kappa shape index (κ1) is 41.9. The van der Waals surface area contributed by atoms with E-state index in [9.17, 15) is 22.8 Å². The second kappa shape index (κ2) is 19.6. The lowest BCUT2D eigenvalue weighted by Crippen LogP contribution is -2.53. The number of nitrogens with one attached hydrogen (secondary N) is 1. The predicted molar refractivity (Wildman–Crippen MR) is 223 cm³/mol. The van der Waals surface area contributed by atoms with Crippen LogP contribution in [0, 0.1) is 0 Å². The molecule has 0 saturated carbocycles. The van der Waals surface area contributed by atoms with Crippen LogP contribution in [0.3, 0.4) is 0 Å². The third kappa shape index (κ3) is 11.5. The minimum absolute atomic E-state index is 0.0426. The summed E-state index contributed by atoms with van der Waals surface area (Å²) in [5, 5.41) is 11.4. The molecule has 0 atom stereocenters. The Hall–Kier alpha value is -6.70. The minimum Gasteiger partial charge on any atom is -0.475 e. The van der Waals surface area contributed by atoms with Crippen molar-refractivity contribution in [1.29, 1.82) is 0 Å². The van der Waals surface area contributed by atoms with Crippen molar-refractivity contribution in [2.24, 2.45) is 5.73 Å². The zero-order valence-corrected chi connectivity index (χ0v) is 32.1. The summed E-state index contributed by atoms with van der Waals surface area (Å²) >= 11 is 0. The van der Waals surface area contributed by atoms with Crippen LogP contribution in [0.4, 0.5) is 24.5 Å². The molecule has 1 saturated heterocycles. The van der Waals surface area contributed by atoms with E-state index in [2.05, 4.69) is 83.1 Å². The van der Waals surface area contributed by atoms with Gasteiger partial charge in [0.05, 0.1) is 12.2 Å². The number of amides is 2. The maximum Gasteiger partial charge on any atom is 0.490 e. The van der Waals surface area contributed by atoms with Gasteiger partial charge in [-0.05, 0) is 69.4 Å². The Balaban J connectivity index is 0.000000768. The molecule has 1 aliphatic rings. The fourth-order valence-electron chi connectivity index (χ4n) is 6.69. The largest absolute Gasteiger partial charge is 0.490 e. The van der Waals surface area contributed by atoms with Gasteiger partial charge in [-0.1, -0.05) is 109 Å². The van der Waals surface area contributed by atoms with Crippen molar-refractivity contribution in [3.8, 4) is 22.6 Å². The zero-order valence-electron chi connectivity index (χ0n) is 32.1. The number of halogens is 3. The molecule has 6 aromatic rings. The lowest BCUT2D eigenvalue weighted by Gasteiger charge is -2.36. The summed E-state index contributed by atoms with van der Waals surface area (Å²) in [4.78, 5) is 40.2. The van der Waals surface area contributed by atoms with Crippen molar-refractivity contribution < 1.29 is 37.4 Å². The van der Waals surface area contributed by atoms with Gasteiger partial charge in [0.15, 0.2) is 5.75 Å². The molecule has 1 heterocycles. The van der Waals surface area contributed by atoms with Gasteiger partial charge in [0.1, 0.15) is 5.75 Å². The number of alkyl halides is 3. The number of carbonyl (C=O) groups is 3. The third-order valence-corrected chi connectivity index (χ3v) is 9.71. The molecule has 1 fully saturated rings. The Labute approximate surface area is 340 Å². The van der Waals surface area contributed by atoms with Crippen LogP contribution in [0.1, 0.15) is 24.0 Å². The van der Waals surface area contributed by atoms with Gasteiger partial charge in [0, 0.05) is 51.3 Å². The molecule has 304 valence electrons. The van der Waals surface area contributed by atoms with Crippen LogP contribution < -0.4 is 25.7 Å². The smallest absolute Gasteiger partial charge is 0.475 e. The number of anilines is 2. The number of nitrogens with zero attached hydrogens (tertiary/aromatic N) is 3. The predicted octanol–water partition coefficient (Wildman–Crippen LogP) is 8.56. The van der Waals surface area contributed by atoms with Crippen molar-refractivity contribution in [3.05, 3.63) is 157 Å². The summed E-state index contributed by atoms with van der Waals surface area (Å²) in [6.07, 6.45) is -4.98. The van der Waals surface area contributed by atoms with Crippen LogP contribution in [0.2, 0.25) is 0 Å². The second-order valence-electron chi connectivity index (χ2n) is 13.8. The Bertz CT molecular complexity index is 2350. The molecular formula is C46H44F3N5O5. The molecule has 0 unspecified atom stereocenters. The van der Waals surface area contributed by atoms with Crippen LogP contribution in [-0.2, 0) is 27.5 Å². The minimum atomic E-state index is -5.08. The maximum atomic E-state index is 14.1. The average molecular weight is 804 g/mol. The Kier molecular flexibility index (Phi) is 14.0. The summed E-state index contributed by atoms with van der Waals surface area (Å²) in [5.74, 6) is -1.93. The fourth-order valence-corrected chi connectivity index (χ4v) is 6.69. The molecule has 7 rings (SSSR count). The number of piperazine rings is 1. The Morgan fingerprint density at radius 1 is 0.729 bits per heavy atom. The summed E-state index contributed by atoms with van der Waals surface area (Å²) in [5.41, 5.74) is 14.9. The van der Waals surface area contributed by atoms with Gasteiger partial charge >= 0.3 is 12.1 Å². The normalized spacial score (nSPS) is 12.9. The van der Waals surface area contributed by atoms with Gasteiger partial charge in [-0.25, -0.2) is 9.80 Å². The molecule has 0 aromatic heterocycles. The number of para-hydroxylation sites is 3. The molecule has 10 nitrogen and oxygen atoms in total. The van der Waals surface area contributed by atoms with Crippen LogP contribution >= 0.6 is 0 Å². The highest BCUT2D eigenvalue weighted by Gasteiger charge is 2.38. The van der Waals surface area contributed by atoms with E-state index < -0.39 is 12.1 Å². The number of nitrogens with two attached hydrogens (primary N) is 1. The van der Waals surface area contributed by atoms with E-state index in [-0.39, 0.29) is 24.7 Å². The molecule has 0 aliphatic carbocycles. The summed E-state index contributed by atoms with van der Waals surface area (Å²) in [7, 11) is 0. The van der Waals surface area contributed by atoms with E-state index >= 15 is 0 Å². The van der Waals surface area contributed by atoms with Crippen LogP contribution in [0.5, 0.6) is 11.5 Å². The number of carbonyl (C=O) groups excluding carboxylic acids is 2. The molecule has 2 amide bonds. The monoisotopic (exact) mass is 803 g/mol. The number of hydrogen-bond donors (Lipinski definition) is 3. The highest BCUT2D eigenvalue weighted by Crippen LogP contribution is 2.35. The number of ether oxygens (including phenoxy) is 1. The summed E-state index contributed by atoms with van der Waals surface area (Å²) in [6, 6.07) is 48.5. The summed E-state index contributed by atoms with van der Waals surface area (Å²) < 4.78 is 38.1. The topological polar surface area (TPSA) is 128 Å². The summed E-state index contributed by atoms with van der Waals surface area (Å²) in [6.45, 7) is 3.71. The van der Waals surface area contributed by atoms with Crippen molar-refractivity contribution in [1.82, 2.24) is 10.4 Å². The van der Waals surface area contributed by atoms with Gasteiger partial charge in [0.25, 0.3) is 0 Å². The fraction of sp³-hybridized carbons (Fsp3) is 0.196. The number of fused-ring (bicyclic) bond motifs is 1. The molecular weight excluding hydrogens is 760 g/mol. The molecule has 6 aromatic carbocycles. The quantitative estimate of drug-likeness (QED) is 0.112. The SMILES string of the molecule is NCc1cccc(Oc2ccccc2N(Cc2ccc(-c3cccc4ccccc34)cc2)C(=O)CCC(=O)NN2CCN(c3ccccc3)CC2)c1.O=C(O)C(F)(F)F. The Morgan fingerprint density at radius 2 is 1.37 bits per heavy atom. The van der Waals surface area contributed by atoms with Gasteiger partial charge < -0.3 is 25.4 Å². The third-order valence-electron chi connectivity index (χ3n) is 9.71. The lowest BCUT2D eigenvalue weighted by molar-refractivity contribution is -0.192. The van der Waals surface area contributed by atoms with Crippen molar-refractivity contribution in [3.63, 3.8) is 0 Å². The number of benzene rings is 6. The van der Waals surface area contributed by atoms with E-state index in [4.69, 9.17) is 20.4 Å². The molecule has 59 heavy (non-hydrogen) atoms. The van der Waals surface area contributed by atoms with E-state index in [1.165, 1.54) is 16.5 Å². The van der Waals surface area contributed by atoms with Crippen molar-refractivity contribution in [2.75, 3.05) is 36.0 Å². The van der Waals surface area contributed by atoms with E-state index in [1.807, 2.05) is 77.8 Å². The van der Waals surface area contributed by atoms with E-state index in [1.54, 1.807) is 4.90 Å². The highest BCUT2D eigenvalue weighted by molar-refractivity contribution is 5.98. The van der Waals surface area contributed by atoms with Gasteiger partial charge in [-0.3, -0.25) is 15.0 Å². The number of hydrazine groups is 1. The van der Waals surface area contributed by atoms with Crippen LogP contribution in [-0.4, -0.2) is 60.3 Å². The standard InChI is InChI=1S/C44H43N5O3.C2HF3O2/c45-31-34-10-8-15-38(30-34)52-42-19-7-6-18-41(42)49(32-33-20-22-36(23-21-33)40-17-9-12-35-11-4-5-16-39(35)40)44(51)25-24-43(50)46-48-28-26-47(27-29-48)37-13-2-1-3-14-37;3-2(4,5)1(6)7/h1-23,30H,24-29,31-32,45H2,(H,46,50);(H,6,7). The molecule has 0 bridgehead atoms. The number of rotatable bonds is 12. The zero-order chi connectivity index (χ0) is 41.8. The van der Waals surface area contributed by atoms with Crippen molar-refractivity contribution >= 4 is 39.9 Å². The van der Waals surface area contributed by atoms with Crippen molar-refractivity contribution in [2.45, 2.75) is 32.1 Å². The highest BCUT2D eigenvalue weighted by atomic mass is 19.4. The number of aliphatic carboxylic acids is 1. The molecule has 13 heteroatoms. The number of hydrogen-bond acceptors (Lipinski definition) is 7. The first-order valence-electron chi connectivity index (χ1n) is 19.1. The van der Waals surface area contributed by atoms with Crippen LogP contribution in [0.25, 0.3) is 21.9 Å². The second-order valence-corrected chi connectivity index (χ2v) is 13.8. The van der Waals surface area contributed by atoms with E-state index in [0.29, 0.717) is 43.4 Å². The molecule has 1 aliphatic heterocycles. The average Bonchev–Trinajstić information content (AvgIpc) is 3.25. The molecule has 4 N–H and O–H groups in total. The molecule has 0 spiro atoms.